The van der Waals surface area contributed by atoms with Gasteiger partial charge in [-0.2, -0.15) is 9.90 Å². The second-order valence-corrected chi connectivity index (χ2v) is 7.18. The summed E-state index contributed by atoms with van der Waals surface area (Å²) >= 11 is 6.27. The lowest BCUT2D eigenvalue weighted by molar-refractivity contribution is 0.573. The number of halogens is 1. The lowest BCUT2D eigenvalue weighted by Crippen LogP contribution is -2.04. The van der Waals surface area contributed by atoms with Crippen LogP contribution in [-0.4, -0.2) is 30.0 Å². The van der Waals surface area contributed by atoms with Crippen molar-refractivity contribution < 1.29 is 0 Å². The fourth-order valence-corrected chi connectivity index (χ4v) is 3.51. The lowest BCUT2D eigenvalue weighted by Gasteiger charge is -2.01. The van der Waals surface area contributed by atoms with E-state index in [1.165, 1.54) is 0 Å². The third-order valence-corrected chi connectivity index (χ3v) is 5.07. The van der Waals surface area contributed by atoms with E-state index < -0.39 is 0 Å². The molecule has 0 saturated heterocycles. The van der Waals surface area contributed by atoms with Gasteiger partial charge in [-0.05, 0) is 29.5 Å². The molecule has 0 spiro atoms. The van der Waals surface area contributed by atoms with Crippen molar-refractivity contribution in [3.63, 3.8) is 0 Å². The fraction of sp³-hybridized carbons (Fsp3) is 0.0435. The summed E-state index contributed by atoms with van der Waals surface area (Å²) in [6.07, 6.45) is 2.01. The van der Waals surface area contributed by atoms with E-state index in [9.17, 15) is 0 Å². The maximum atomic E-state index is 6.27. The summed E-state index contributed by atoms with van der Waals surface area (Å²) in [7, 11) is 0. The summed E-state index contributed by atoms with van der Waals surface area (Å²) in [6, 6.07) is 27.6. The van der Waals surface area contributed by atoms with Crippen molar-refractivity contribution in [1.82, 2.24) is 30.0 Å². The predicted molar refractivity (Wildman–Crippen MR) is 116 cm³/mol. The van der Waals surface area contributed by atoms with Gasteiger partial charge in [0.2, 0.25) is 5.82 Å². The van der Waals surface area contributed by atoms with Crippen LogP contribution in [0.5, 0.6) is 0 Å². The highest BCUT2D eigenvalue weighted by molar-refractivity contribution is 6.33. The molecular formula is C23H17ClN6. The van der Waals surface area contributed by atoms with Crippen LogP contribution in [0.4, 0.5) is 0 Å². The first-order valence-corrected chi connectivity index (χ1v) is 9.88. The Morgan fingerprint density at radius 2 is 1.47 bits per heavy atom. The summed E-state index contributed by atoms with van der Waals surface area (Å²) < 4.78 is 1.88. The van der Waals surface area contributed by atoms with E-state index in [0.717, 1.165) is 28.1 Å². The molecule has 0 saturated carbocycles. The molecule has 3 aromatic carbocycles. The van der Waals surface area contributed by atoms with E-state index in [0.29, 0.717) is 17.4 Å². The van der Waals surface area contributed by atoms with Gasteiger partial charge in [0.1, 0.15) is 0 Å². The zero-order valence-electron chi connectivity index (χ0n) is 15.9. The molecule has 146 valence electrons. The molecule has 0 atom stereocenters. The number of rotatable bonds is 5. The highest BCUT2D eigenvalue weighted by Gasteiger charge is 2.15. The molecule has 6 nitrogen and oxygen atoms in total. The Bertz CT molecular complexity index is 1280. The van der Waals surface area contributed by atoms with Crippen LogP contribution in [0.3, 0.4) is 0 Å². The molecule has 0 aliphatic rings. The molecule has 0 aliphatic carbocycles. The quantitative estimate of drug-likeness (QED) is 0.412. The van der Waals surface area contributed by atoms with E-state index in [4.69, 9.17) is 16.7 Å². The zero-order chi connectivity index (χ0) is 20.3. The molecule has 5 rings (SSSR count). The monoisotopic (exact) mass is 412 g/mol. The first kappa shape index (κ1) is 18.3. The Labute approximate surface area is 178 Å². The van der Waals surface area contributed by atoms with Gasteiger partial charge in [-0.25, -0.2) is 4.68 Å². The van der Waals surface area contributed by atoms with E-state index >= 15 is 0 Å². The summed E-state index contributed by atoms with van der Waals surface area (Å²) in [5.41, 5.74) is 4.66. The molecule has 5 aromatic rings. The van der Waals surface area contributed by atoms with E-state index in [-0.39, 0.29) is 0 Å². The number of aromatic nitrogens is 6. The SMILES string of the molecule is Clc1ccccc1-c1nnn(Cc2cn(-c3ccccc3)nc2-c2ccccc2)n1. The van der Waals surface area contributed by atoms with Crippen LogP contribution < -0.4 is 0 Å². The molecule has 0 N–H and O–H groups in total. The van der Waals surface area contributed by atoms with Crippen LogP contribution in [0.25, 0.3) is 28.3 Å². The Morgan fingerprint density at radius 3 is 2.23 bits per heavy atom. The van der Waals surface area contributed by atoms with Crippen molar-refractivity contribution in [1.29, 1.82) is 0 Å². The standard InChI is InChI=1S/C23H17ClN6/c24-21-14-8-7-13-20(21)23-25-28-30(27-23)16-18-15-29(19-11-5-2-6-12-19)26-22(18)17-9-3-1-4-10-17/h1-15H,16H2. The largest absolute Gasteiger partial charge is 0.240 e. The lowest BCUT2D eigenvalue weighted by atomic mass is 10.1. The number of benzene rings is 3. The van der Waals surface area contributed by atoms with Gasteiger partial charge >= 0.3 is 0 Å². The minimum Gasteiger partial charge on any atom is -0.240 e. The van der Waals surface area contributed by atoms with Crippen LogP contribution in [0.2, 0.25) is 5.02 Å². The van der Waals surface area contributed by atoms with Crippen molar-refractivity contribution in [2.24, 2.45) is 0 Å². The molecule has 30 heavy (non-hydrogen) atoms. The Hall–Kier alpha value is -3.77. The molecule has 0 unspecified atom stereocenters. The molecule has 0 radical (unpaired) electrons. The minimum absolute atomic E-state index is 0.439. The third-order valence-electron chi connectivity index (χ3n) is 4.74. The topological polar surface area (TPSA) is 61.4 Å². The van der Waals surface area contributed by atoms with Crippen molar-refractivity contribution >= 4 is 11.6 Å². The van der Waals surface area contributed by atoms with Crippen LogP contribution >= 0.6 is 11.6 Å². The minimum atomic E-state index is 0.439. The van der Waals surface area contributed by atoms with Gasteiger partial charge < -0.3 is 0 Å². The van der Waals surface area contributed by atoms with Gasteiger partial charge in [-0.1, -0.05) is 72.3 Å². The number of tetrazole rings is 1. The maximum absolute atomic E-state index is 6.27. The number of hydrogen-bond acceptors (Lipinski definition) is 4. The van der Waals surface area contributed by atoms with E-state index in [2.05, 4.69) is 15.4 Å². The van der Waals surface area contributed by atoms with E-state index in [1.807, 2.05) is 95.8 Å². The van der Waals surface area contributed by atoms with Gasteiger partial charge in [0.15, 0.2) is 0 Å². The number of nitrogens with zero attached hydrogens (tertiary/aromatic N) is 6. The normalized spacial score (nSPS) is 11.0. The summed E-state index contributed by atoms with van der Waals surface area (Å²) in [5.74, 6) is 0.498. The highest BCUT2D eigenvalue weighted by Crippen LogP contribution is 2.26. The smallest absolute Gasteiger partial charge is 0.206 e. The molecule has 2 heterocycles. The van der Waals surface area contributed by atoms with Crippen LogP contribution in [0.15, 0.2) is 91.1 Å². The molecule has 7 heteroatoms. The van der Waals surface area contributed by atoms with Gasteiger partial charge in [-0.15, -0.1) is 10.2 Å². The van der Waals surface area contributed by atoms with Gasteiger partial charge in [0.05, 0.1) is 22.9 Å². The summed E-state index contributed by atoms with van der Waals surface area (Å²) in [4.78, 5) is 1.57. The average Bonchev–Trinajstić information content (AvgIpc) is 3.43. The number of hydrogen-bond donors (Lipinski definition) is 0. The molecular weight excluding hydrogens is 396 g/mol. The predicted octanol–water partition coefficient (Wildman–Crippen LogP) is 4.89. The average molecular weight is 413 g/mol. The first-order chi connectivity index (χ1) is 14.8. The molecule has 0 aliphatic heterocycles. The van der Waals surface area contributed by atoms with Crippen molar-refractivity contribution in [2.45, 2.75) is 6.54 Å². The molecule has 0 amide bonds. The van der Waals surface area contributed by atoms with Crippen LogP contribution in [0, 0.1) is 0 Å². The van der Waals surface area contributed by atoms with Gasteiger partial charge in [-0.3, -0.25) is 0 Å². The summed E-state index contributed by atoms with van der Waals surface area (Å²) in [6.45, 7) is 0.439. The molecule has 0 bridgehead atoms. The zero-order valence-corrected chi connectivity index (χ0v) is 16.7. The van der Waals surface area contributed by atoms with Gasteiger partial charge in [0.25, 0.3) is 0 Å². The summed E-state index contributed by atoms with van der Waals surface area (Å²) in [5, 5.41) is 18.4. The van der Waals surface area contributed by atoms with Crippen molar-refractivity contribution in [3.05, 3.63) is 102 Å². The Balaban J connectivity index is 1.53. The van der Waals surface area contributed by atoms with Gasteiger partial charge in [0, 0.05) is 22.9 Å². The van der Waals surface area contributed by atoms with Crippen molar-refractivity contribution in [2.75, 3.05) is 0 Å². The third kappa shape index (κ3) is 3.60. The maximum Gasteiger partial charge on any atom is 0.206 e. The second-order valence-electron chi connectivity index (χ2n) is 6.77. The highest BCUT2D eigenvalue weighted by atomic mass is 35.5. The second kappa shape index (κ2) is 7.93. The first-order valence-electron chi connectivity index (χ1n) is 9.50. The Morgan fingerprint density at radius 1 is 0.767 bits per heavy atom. The van der Waals surface area contributed by atoms with Crippen LogP contribution in [-0.2, 0) is 6.54 Å². The van der Waals surface area contributed by atoms with E-state index in [1.54, 1.807) is 4.80 Å². The molecule has 0 fully saturated rings. The fourth-order valence-electron chi connectivity index (χ4n) is 3.29. The van der Waals surface area contributed by atoms with Crippen molar-refractivity contribution in [3.8, 4) is 28.3 Å². The Kier molecular flexibility index (Phi) is 4.83. The molecule has 2 aromatic heterocycles. The van der Waals surface area contributed by atoms with Crippen LogP contribution in [0.1, 0.15) is 5.56 Å². The number of para-hydroxylation sites is 1.